The van der Waals surface area contributed by atoms with Gasteiger partial charge in [-0.05, 0) is 70.4 Å². The van der Waals surface area contributed by atoms with Crippen molar-refractivity contribution in [2.75, 3.05) is 13.2 Å². The van der Waals surface area contributed by atoms with Crippen LogP contribution in [0.2, 0.25) is 5.02 Å². The second-order valence-electron chi connectivity index (χ2n) is 16.9. The summed E-state index contributed by atoms with van der Waals surface area (Å²) in [6, 6.07) is 5.33. The zero-order valence-corrected chi connectivity index (χ0v) is 34.5. The number of pyridine rings is 1. The van der Waals surface area contributed by atoms with Gasteiger partial charge in [-0.2, -0.15) is 21.6 Å². The first-order valence-electron chi connectivity index (χ1n) is 18.7. The highest BCUT2D eigenvalue weighted by Crippen LogP contribution is 2.57. The molecule has 1 N–H and O–H groups in total. The van der Waals surface area contributed by atoms with E-state index in [0.717, 1.165) is 0 Å². The minimum absolute atomic E-state index is 0.0941. The van der Waals surface area contributed by atoms with Crippen molar-refractivity contribution < 1.29 is 59.2 Å². The quantitative estimate of drug-likeness (QED) is 0.142. The average Bonchev–Trinajstić information content (AvgIpc) is 3.94. The molecule has 3 aliphatic rings. The number of ether oxygens (including phenoxy) is 3. The van der Waals surface area contributed by atoms with Crippen LogP contribution in [0.1, 0.15) is 87.0 Å². The molecule has 5 rings (SSSR count). The Morgan fingerprint density at radius 1 is 1.14 bits per heavy atom. The third-order valence-electron chi connectivity index (χ3n) is 10.8. The van der Waals surface area contributed by atoms with Crippen molar-refractivity contribution >= 4 is 56.4 Å². The van der Waals surface area contributed by atoms with Crippen molar-refractivity contribution in [2.24, 2.45) is 22.7 Å². The first-order chi connectivity index (χ1) is 26.2. The molecule has 2 amide bonds. The zero-order chi connectivity index (χ0) is 42.5. The summed E-state index contributed by atoms with van der Waals surface area (Å²) >= 11 is 6.47. The van der Waals surface area contributed by atoms with E-state index in [4.69, 9.17) is 30.0 Å². The fourth-order valence-electron chi connectivity index (χ4n) is 6.98. The number of hydrogen-bond donors (Lipinski definition) is 1. The molecule has 1 aromatic heterocycles. The lowest BCUT2D eigenvalue weighted by atomic mass is 9.77. The summed E-state index contributed by atoms with van der Waals surface area (Å²) in [4.78, 5) is 61.5. The van der Waals surface area contributed by atoms with E-state index in [9.17, 15) is 40.8 Å². The minimum Gasteiger partial charge on any atom is -0.488 e. The number of halogens is 4. The maximum absolute atomic E-state index is 14.6. The third kappa shape index (κ3) is 9.85. The maximum atomic E-state index is 14.6. The van der Waals surface area contributed by atoms with Crippen molar-refractivity contribution in [2.45, 2.75) is 117 Å². The van der Waals surface area contributed by atoms with E-state index in [-0.39, 0.29) is 37.6 Å². The number of hydrogen-bond acceptors (Lipinski definition) is 11. The van der Waals surface area contributed by atoms with Crippen LogP contribution in [0.25, 0.3) is 10.9 Å². The minimum atomic E-state index is -4.89. The van der Waals surface area contributed by atoms with Gasteiger partial charge in [0.05, 0.1) is 53.1 Å². The summed E-state index contributed by atoms with van der Waals surface area (Å²) in [6.45, 7) is 13.5. The number of nitrogens with zero attached hydrogens (tertiary/aromatic N) is 2. The first kappa shape index (κ1) is 44.1. The molecule has 3 fully saturated rings. The van der Waals surface area contributed by atoms with Crippen LogP contribution >= 0.6 is 11.6 Å². The van der Waals surface area contributed by atoms with Gasteiger partial charge in [0.15, 0.2) is 5.78 Å². The fraction of sp³-hybridized carbons (Fsp3) is 0.615. The lowest BCUT2D eigenvalue weighted by Crippen LogP contribution is -2.49. The summed E-state index contributed by atoms with van der Waals surface area (Å²) in [5, 5.41) is 0.819. The summed E-state index contributed by atoms with van der Waals surface area (Å²) < 4.78 is 90.5. The highest BCUT2D eigenvalue weighted by atomic mass is 35.5. The van der Waals surface area contributed by atoms with Gasteiger partial charge >= 0.3 is 22.4 Å². The Kier molecular flexibility index (Phi) is 12.1. The predicted octanol–water partition coefficient (Wildman–Crippen LogP) is 6.65. The monoisotopic (exact) mass is 843 g/mol. The van der Waals surface area contributed by atoms with Crippen molar-refractivity contribution in [3.05, 3.63) is 41.9 Å². The molecule has 2 aliphatic carbocycles. The van der Waals surface area contributed by atoms with Crippen LogP contribution in [-0.4, -0.2) is 84.5 Å². The van der Waals surface area contributed by atoms with Crippen LogP contribution in [0.15, 0.2) is 36.9 Å². The van der Waals surface area contributed by atoms with E-state index < -0.39 is 98.9 Å². The SMILES string of the molecule is C=C[C@@H]1C[C@]1(CC(=O)[C@@H]1C[C@@H](Oc2cc(OCC)nc3c(Cl)cccc23)CN1C(=O)[C@@H](CC(=O)OC(C)(C)C(F)(F)F)C(C)(C)C)C(=O)NS(=O)(=O)OC1(C)CC1. The van der Waals surface area contributed by atoms with E-state index in [2.05, 4.69) is 11.6 Å². The Balaban J connectivity index is 1.47. The molecule has 314 valence electrons. The van der Waals surface area contributed by atoms with Gasteiger partial charge in [-0.15, -0.1) is 6.58 Å². The van der Waals surface area contributed by atoms with E-state index in [0.29, 0.717) is 42.6 Å². The molecular weight excluding hydrogens is 795 g/mol. The number of carbonyl (C=O) groups excluding carboxylic acids is 4. The Morgan fingerprint density at radius 3 is 2.37 bits per heavy atom. The number of Topliss-reactive ketones (excluding diaryl/α,β-unsaturated/α-hetero) is 1. The lowest BCUT2D eigenvalue weighted by molar-refractivity contribution is -0.257. The van der Waals surface area contributed by atoms with Crippen molar-refractivity contribution in [3.63, 3.8) is 0 Å². The van der Waals surface area contributed by atoms with Crippen molar-refractivity contribution in [1.82, 2.24) is 14.6 Å². The molecule has 0 unspecified atom stereocenters. The summed E-state index contributed by atoms with van der Waals surface area (Å²) in [6.07, 6.45) is -4.58. The fourth-order valence-corrected chi connectivity index (χ4v) is 8.37. The Hall–Kier alpha value is -3.96. The second-order valence-corrected chi connectivity index (χ2v) is 18.6. The van der Waals surface area contributed by atoms with Gasteiger partial charge < -0.3 is 19.1 Å². The lowest BCUT2D eigenvalue weighted by Gasteiger charge is -2.35. The van der Waals surface area contributed by atoms with E-state index in [1.165, 1.54) is 11.0 Å². The average molecular weight is 844 g/mol. The number of esters is 1. The van der Waals surface area contributed by atoms with E-state index in [1.807, 2.05) is 4.72 Å². The van der Waals surface area contributed by atoms with Gasteiger partial charge in [0, 0.05) is 24.3 Å². The number of para-hydroxylation sites is 1. The highest BCUT2D eigenvalue weighted by Gasteiger charge is 2.62. The van der Waals surface area contributed by atoms with Gasteiger partial charge in [0.1, 0.15) is 11.9 Å². The number of aromatic nitrogens is 1. The molecule has 2 heterocycles. The molecule has 18 heteroatoms. The molecule has 1 saturated heterocycles. The third-order valence-corrected chi connectivity index (χ3v) is 12.2. The molecule has 1 aromatic carbocycles. The normalized spacial score (nSPS) is 23.7. The summed E-state index contributed by atoms with van der Waals surface area (Å²) in [7, 11) is -4.53. The number of amides is 2. The van der Waals surface area contributed by atoms with Crippen LogP contribution in [0.3, 0.4) is 0 Å². The van der Waals surface area contributed by atoms with Crippen LogP contribution in [0, 0.1) is 22.7 Å². The highest BCUT2D eigenvalue weighted by molar-refractivity contribution is 7.85. The maximum Gasteiger partial charge on any atom is 0.427 e. The molecule has 0 radical (unpaired) electrons. The molecule has 0 spiro atoms. The number of benzene rings is 1. The second kappa shape index (κ2) is 15.7. The Morgan fingerprint density at radius 2 is 1.81 bits per heavy atom. The van der Waals surface area contributed by atoms with E-state index >= 15 is 0 Å². The number of alkyl halides is 3. The van der Waals surface area contributed by atoms with Gasteiger partial charge in [-0.1, -0.05) is 44.5 Å². The number of fused-ring (bicyclic) bond motifs is 1. The number of ketones is 1. The smallest absolute Gasteiger partial charge is 0.427 e. The van der Waals surface area contributed by atoms with E-state index in [1.54, 1.807) is 58.9 Å². The van der Waals surface area contributed by atoms with Gasteiger partial charge in [-0.25, -0.2) is 13.9 Å². The molecule has 0 bridgehead atoms. The molecule has 57 heavy (non-hydrogen) atoms. The topological polar surface area (TPSA) is 168 Å². The Labute approximate surface area is 335 Å². The number of carbonyl (C=O) groups is 4. The molecule has 2 saturated carbocycles. The van der Waals surface area contributed by atoms with Crippen LogP contribution in [-0.2, 0) is 38.4 Å². The van der Waals surface area contributed by atoms with Gasteiger partial charge in [0.2, 0.25) is 23.3 Å². The van der Waals surface area contributed by atoms with Gasteiger partial charge in [-0.3, -0.25) is 19.2 Å². The van der Waals surface area contributed by atoms with Crippen molar-refractivity contribution in [1.29, 1.82) is 0 Å². The summed E-state index contributed by atoms with van der Waals surface area (Å²) in [5.74, 6) is -4.92. The van der Waals surface area contributed by atoms with Crippen LogP contribution < -0.4 is 14.2 Å². The molecule has 2 aromatic rings. The number of rotatable bonds is 16. The van der Waals surface area contributed by atoms with Crippen LogP contribution in [0.5, 0.6) is 11.6 Å². The standard InChI is InChI=1S/C39H49ClF3N3O10S/c1-9-22-19-38(22,34(50)45-57(51,52)56-37(8)14-15-37)20-28(47)27-16-23(54-29-18-30(53-10-2)44-32-24(29)12-11-13-26(32)40)21-46(27)33(49)25(35(3,4)5)17-31(48)55-36(6,7)39(41,42)43/h9,11-13,18,22-23,25,27H,1,10,14-17,19-21H2,2-8H3,(H,45,50)/t22-,23-,25-,27+,38-/m1/s1. The molecule has 1 aliphatic heterocycles. The van der Waals surface area contributed by atoms with Crippen molar-refractivity contribution in [3.8, 4) is 11.6 Å². The van der Waals surface area contributed by atoms with Crippen LogP contribution in [0.4, 0.5) is 13.2 Å². The molecule has 13 nitrogen and oxygen atoms in total. The Bertz CT molecular complexity index is 2050. The zero-order valence-electron chi connectivity index (χ0n) is 33.0. The largest absolute Gasteiger partial charge is 0.488 e. The first-order valence-corrected chi connectivity index (χ1v) is 20.4. The number of likely N-dealkylation sites (tertiary alicyclic amines) is 1. The molecular formula is C39H49ClF3N3O10S. The number of allylic oxidation sites excluding steroid dienone is 1. The van der Waals surface area contributed by atoms with Gasteiger partial charge in [0.25, 0.3) is 0 Å². The summed E-state index contributed by atoms with van der Waals surface area (Å²) in [5.41, 5.74) is -5.93. The molecule has 5 atom stereocenters. The number of nitrogens with one attached hydrogen (secondary N) is 1. The predicted molar refractivity (Wildman–Crippen MR) is 202 cm³/mol.